The predicted molar refractivity (Wildman–Crippen MR) is 55.7 cm³/mol. The molecule has 0 radical (unpaired) electrons. The Bertz CT molecular complexity index is 218. The average molecular weight is 232 g/mol. The van der Waals surface area contributed by atoms with Gasteiger partial charge in [-0.3, -0.25) is 0 Å². The molecule has 3 aliphatic rings. The van der Waals surface area contributed by atoms with Crippen molar-refractivity contribution in [2.75, 3.05) is 13.2 Å². The van der Waals surface area contributed by atoms with Gasteiger partial charge in [0.25, 0.3) is 0 Å². The molecule has 3 fully saturated rings. The molecular weight excluding hydrogens is 212 g/mol. The number of aliphatic hydroxyl groups excluding tert-OH is 3. The molecule has 3 saturated heterocycles. The van der Waals surface area contributed by atoms with Crippen LogP contribution in [0.25, 0.3) is 0 Å². The van der Waals surface area contributed by atoms with Gasteiger partial charge in [0.05, 0.1) is 18.8 Å². The topological polar surface area (TPSA) is 79.2 Å². The van der Waals surface area contributed by atoms with Gasteiger partial charge < -0.3 is 24.8 Å². The number of rotatable bonds is 1. The molecule has 0 amide bonds. The first kappa shape index (κ1) is 12.3. The van der Waals surface area contributed by atoms with E-state index in [1.54, 1.807) is 0 Å². The maximum atomic E-state index is 9.97. The Morgan fingerprint density at radius 3 is 2.62 bits per heavy atom. The van der Waals surface area contributed by atoms with Gasteiger partial charge in [-0.15, -0.1) is 0 Å². The minimum atomic E-state index is -1.01. The van der Waals surface area contributed by atoms with Crippen LogP contribution in [-0.2, 0) is 9.47 Å². The molecule has 5 atom stereocenters. The van der Waals surface area contributed by atoms with Gasteiger partial charge in [-0.1, -0.05) is 12.8 Å². The molecule has 3 rings (SSSR count). The second kappa shape index (κ2) is 5.42. The molecule has 3 N–H and O–H groups in total. The van der Waals surface area contributed by atoms with Crippen molar-refractivity contribution in [2.24, 2.45) is 5.92 Å². The molecule has 0 aliphatic carbocycles. The van der Waals surface area contributed by atoms with Gasteiger partial charge in [0.2, 0.25) is 0 Å². The van der Waals surface area contributed by atoms with Crippen LogP contribution in [0.1, 0.15) is 25.7 Å². The van der Waals surface area contributed by atoms with Crippen LogP contribution in [0.5, 0.6) is 0 Å². The molecule has 3 heterocycles. The number of fused-ring (bicyclic) bond motifs is 7. The highest BCUT2D eigenvalue weighted by molar-refractivity contribution is 4.89. The zero-order valence-corrected chi connectivity index (χ0v) is 9.29. The number of aliphatic hydroxyl groups is 3. The Morgan fingerprint density at radius 2 is 1.88 bits per heavy atom. The van der Waals surface area contributed by atoms with E-state index in [9.17, 15) is 15.3 Å². The van der Waals surface area contributed by atoms with Gasteiger partial charge in [0, 0.05) is 12.5 Å². The summed E-state index contributed by atoms with van der Waals surface area (Å²) in [4.78, 5) is 0. The minimum Gasteiger partial charge on any atom is -0.394 e. The van der Waals surface area contributed by atoms with Crippen molar-refractivity contribution >= 4 is 0 Å². The first-order valence-corrected chi connectivity index (χ1v) is 5.98. The van der Waals surface area contributed by atoms with Crippen LogP contribution in [0.2, 0.25) is 0 Å². The van der Waals surface area contributed by atoms with Gasteiger partial charge in [-0.2, -0.15) is 0 Å². The maximum absolute atomic E-state index is 9.97. The van der Waals surface area contributed by atoms with E-state index in [0.29, 0.717) is 6.61 Å². The molecule has 2 bridgehead atoms. The Hall–Kier alpha value is -0.200. The summed E-state index contributed by atoms with van der Waals surface area (Å²) in [7, 11) is 0. The van der Waals surface area contributed by atoms with Crippen LogP contribution >= 0.6 is 0 Å². The second-order valence-corrected chi connectivity index (χ2v) is 4.59. The van der Waals surface area contributed by atoms with E-state index >= 15 is 0 Å². The molecule has 0 aromatic rings. The van der Waals surface area contributed by atoms with E-state index in [1.165, 1.54) is 0 Å². The summed E-state index contributed by atoms with van der Waals surface area (Å²) in [6.45, 7) is 0.381. The van der Waals surface area contributed by atoms with E-state index in [4.69, 9.17) is 9.47 Å². The molecule has 0 aromatic heterocycles. The summed E-state index contributed by atoms with van der Waals surface area (Å²) >= 11 is 0. The maximum Gasteiger partial charge on any atom is 0.186 e. The highest BCUT2D eigenvalue weighted by Crippen LogP contribution is 2.31. The highest BCUT2D eigenvalue weighted by atomic mass is 16.7. The SMILES string of the molecule is OCC1OC2OCCCCCC1C(O)C2O. The molecule has 0 saturated carbocycles. The monoisotopic (exact) mass is 232 g/mol. The molecule has 0 aromatic carbocycles. The zero-order chi connectivity index (χ0) is 11.5. The van der Waals surface area contributed by atoms with Gasteiger partial charge >= 0.3 is 0 Å². The van der Waals surface area contributed by atoms with E-state index in [1.807, 2.05) is 0 Å². The van der Waals surface area contributed by atoms with Crippen molar-refractivity contribution in [3.05, 3.63) is 0 Å². The smallest absolute Gasteiger partial charge is 0.186 e. The fourth-order valence-corrected chi connectivity index (χ4v) is 2.52. The number of hydrogen-bond acceptors (Lipinski definition) is 5. The average Bonchev–Trinajstić information content (AvgIpc) is 2.31. The van der Waals surface area contributed by atoms with E-state index in [-0.39, 0.29) is 12.5 Å². The van der Waals surface area contributed by atoms with Crippen molar-refractivity contribution in [3.63, 3.8) is 0 Å². The number of hydrogen-bond donors (Lipinski definition) is 3. The van der Waals surface area contributed by atoms with Crippen molar-refractivity contribution in [2.45, 2.75) is 50.3 Å². The van der Waals surface area contributed by atoms with Crippen molar-refractivity contribution in [1.82, 2.24) is 0 Å². The fourth-order valence-electron chi connectivity index (χ4n) is 2.52. The van der Waals surface area contributed by atoms with E-state index < -0.39 is 24.6 Å². The molecule has 5 unspecified atom stereocenters. The number of ether oxygens (including phenoxy) is 2. The molecule has 3 aliphatic heterocycles. The first-order chi connectivity index (χ1) is 7.74. The molecular formula is C11H20O5. The predicted octanol–water partition coefficient (Wildman–Crippen LogP) is -0.368. The van der Waals surface area contributed by atoms with Crippen molar-refractivity contribution in [3.8, 4) is 0 Å². The normalized spacial score (nSPS) is 45.6. The lowest BCUT2D eigenvalue weighted by molar-refractivity contribution is -0.293. The third kappa shape index (κ3) is 2.38. The lowest BCUT2D eigenvalue weighted by Crippen LogP contribution is -2.56. The van der Waals surface area contributed by atoms with Crippen LogP contribution in [0, 0.1) is 5.92 Å². The summed E-state index contributed by atoms with van der Waals surface area (Å²) in [5.41, 5.74) is 0. The lowest BCUT2D eigenvalue weighted by Gasteiger charge is -2.42. The first-order valence-electron chi connectivity index (χ1n) is 5.98. The summed E-state index contributed by atoms with van der Waals surface area (Å²) in [5, 5.41) is 29.0. The fraction of sp³-hybridized carbons (Fsp3) is 1.00. The Kier molecular flexibility index (Phi) is 4.16. The van der Waals surface area contributed by atoms with Crippen LogP contribution in [-0.4, -0.2) is 53.1 Å². The van der Waals surface area contributed by atoms with Crippen molar-refractivity contribution < 1.29 is 24.8 Å². The van der Waals surface area contributed by atoms with Gasteiger partial charge in [-0.25, -0.2) is 0 Å². The van der Waals surface area contributed by atoms with Crippen LogP contribution in [0.4, 0.5) is 0 Å². The zero-order valence-electron chi connectivity index (χ0n) is 9.29. The van der Waals surface area contributed by atoms with Gasteiger partial charge in [-0.05, 0) is 12.8 Å². The van der Waals surface area contributed by atoms with E-state index in [0.717, 1.165) is 25.7 Å². The van der Waals surface area contributed by atoms with Crippen LogP contribution < -0.4 is 0 Å². The van der Waals surface area contributed by atoms with E-state index in [2.05, 4.69) is 0 Å². The Labute approximate surface area is 95.0 Å². The molecule has 0 spiro atoms. The molecule has 5 heteroatoms. The van der Waals surface area contributed by atoms with Crippen LogP contribution in [0.15, 0.2) is 0 Å². The van der Waals surface area contributed by atoms with Gasteiger partial charge in [0.15, 0.2) is 6.29 Å². The third-order valence-corrected chi connectivity index (χ3v) is 3.50. The minimum absolute atomic E-state index is 0.145. The molecule has 5 nitrogen and oxygen atoms in total. The standard InChI is InChI=1S/C11H20O5/c12-6-8-7-4-2-1-3-5-15-11(16-8)10(14)9(7)13/h7-14H,1-6H2. The summed E-state index contributed by atoms with van der Waals surface area (Å²) in [6.07, 6.45) is 0.616. The van der Waals surface area contributed by atoms with Gasteiger partial charge in [0.1, 0.15) is 6.10 Å². The van der Waals surface area contributed by atoms with Crippen molar-refractivity contribution in [1.29, 1.82) is 0 Å². The quantitative estimate of drug-likeness (QED) is 0.575. The highest BCUT2D eigenvalue weighted by Gasteiger charge is 2.44. The Morgan fingerprint density at radius 1 is 1.06 bits per heavy atom. The molecule has 16 heavy (non-hydrogen) atoms. The summed E-state index contributed by atoms with van der Waals surface area (Å²) < 4.78 is 10.9. The molecule has 94 valence electrons. The lowest BCUT2D eigenvalue weighted by atomic mass is 9.84. The van der Waals surface area contributed by atoms with Crippen LogP contribution in [0.3, 0.4) is 0 Å². The third-order valence-electron chi connectivity index (χ3n) is 3.50. The largest absolute Gasteiger partial charge is 0.394 e. The Balaban J connectivity index is 2.12. The summed E-state index contributed by atoms with van der Waals surface area (Å²) in [6, 6.07) is 0. The second-order valence-electron chi connectivity index (χ2n) is 4.59. The summed E-state index contributed by atoms with van der Waals surface area (Å²) in [5.74, 6) is -0.196.